The van der Waals surface area contributed by atoms with Gasteiger partial charge in [0.25, 0.3) is 0 Å². The number of nitrogens with one attached hydrogen (secondary N) is 1. The zero-order chi connectivity index (χ0) is 9.19. The third-order valence-electron chi connectivity index (χ3n) is 1.41. The van der Waals surface area contributed by atoms with Gasteiger partial charge in [0.1, 0.15) is 5.75 Å². The van der Waals surface area contributed by atoms with E-state index in [2.05, 4.69) is 10.7 Å². The molecule has 0 aliphatic rings. The number of aromatic hydroxyl groups is 1. The summed E-state index contributed by atoms with van der Waals surface area (Å²) in [4.78, 5) is 2.57. The van der Waals surface area contributed by atoms with Crippen LogP contribution in [0.4, 0.5) is 0 Å². The fraction of sp³-hybridized carbons (Fsp3) is 0. The molecule has 5 heteroatoms. The van der Waals surface area contributed by atoms with E-state index in [0.29, 0.717) is 4.90 Å². The van der Waals surface area contributed by atoms with Crippen molar-refractivity contribution in [2.24, 2.45) is 5.84 Å². The molecule has 0 fully saturated rings. The third kappa shape index (κ3) is 1.76. The third-order valence-corrected chi connectivity index (χ3v) is 2.82. The highest BCUT2D eigenvalue weighted by atomic mass is 32.2. The lowest BCUT2D eigenvalue weighted by molar-refractivity contribution is 0.475. The Bertz CT molecular complexity index is 355. The second-order valence-corrected chi connectivity index (χ2v) is 4.34. The molecule has 1 atom stereocenters. The summed E-state index contributed by atoms with van der Waals surface area (Å²) in [6, 6.07) is 5.87. The molecule has 0 heterocycles. The minimum absolute atomic E-state index is 0.117. The van der Waals surface area contributed by atoms with Crippen molar-refractivity contribution in [1.82, 2.24) is 4.83 Å². The molecule has 1 rings (SSSR count). The first-order valence-electron chi connectivity index (χ1n) is 3.20. The minimum Gasteiger partial charge on any atom is -0.508 e. The highest BCUT2D eigenvalue weighted by Crippen LogP contribution is 2.13. The van der Waals surface area contributed by atoms with E-state index in [1.807, 2.05) is 0 Å². The number of nitrogens with two attached hydrogens (primary N) is 1. The Morgan fingerprint density at radius 1 is 1.42 bits per heavy atom. The maximum atomic E-state index is 11.4. The van der Waals surface area contributed by atoms with Gasteiger partial charge in [-0.2, -0.15) is 4.83 Å². The number of benzene rings is 1. The maximum Gasteiger partial charge on any atom is 0.115 e. The van der Waals surface area contributed by atoms with Gasteiger partial charge >= 0.3 is 0 Å². The van der Waals surface area contributed by atoms with Crippen LogP contribution in [0.2, 0.25) is 0 Å². The van der Waals surface area contributed by atoms with E-state index in [1.54, 1.807) is 0 Å². The van der Waals surface area contributed by atoms with Crippen molar-refractivity contribution in [3.05, 3.63) is 24.3 Å². The quantitative estimate of drug-likeness (QED) is 0.341. The molecule has 4 N–H and O–H groups in total. The van der Waals surface area contributed by atoms with Crippen LogP contribution in [0.15, 0.2) is 29.2 Å². The molecular weight excluding hydrogens is 176 g/mol. The number of rotatable bonds is 2. The normalized spacial score (nSPS) is 15.4. The number of hydrazine groups is 1. The molecule has 0 aromatic heterocycles. The Balaban J connectivity index is 3.14. The molecule has 0 amide bonds. The van der Waals surface area contributed by atoms with Crippen LogP contribution >= 0.6 is 0 Å². The van der Waals surface area contributed by atoms with E-state index in [1.165, 1.54) is 24.3 Å². The molecule has 1 aromatic rings. The lowest BCUT2D eigenvalue weighted by Gasteiger charge is -2.06. The van der Waals surface area contributed by atoms with Crippen molar-refractivity contribution < 1.29 is 9.32 Å². The molecule has 0 bridgehead atoms. The van der Waals surface area contributed by atoms with Crippen molar-refractivity contribution >= 4 is 15.6 Å². The summed E-state index contributed by atoms with van der Waals surface area (Å²) in [6.07, 6.45) is 0. The van der Waals surface area contributed by atoms with E-state index in [9.17, 15) is 4.21 Å². The molecular formula is C7H10N2O2S. The summed E-state index contributed by atoms with van der Waals surface area (Å²) in [5.41, 5.74) is 0. The summed E-state index contributed by atoms with van der Waals surface area (Å²) in [5, 5.41) is 8.93. The zero-order valence-electron chi connectivity index (χ0n) is 6.36. The molecule has 0 spiro atoms. The highest BCUT2D eigenvalue weighted by Gasteiger charge is 2.03. The average molecular weight is 186 g/mol. The van der Waals surface area contributed by atoms with Gasteiger partial charge in [0.15, 0.2) is 0 Å². The van der Waals surface area contributed by atoms with Gasteiger partial charge in [-0.1, -0.05) is 0 Å². The predicted molar refractivity (Wildman–Crippen MR) is 49.0 cm³/mol. The van der Waals surface area contributed by atoms with Gasteiger partial charge in [-0.05, 0) is 30.1 Å². The molecule has 1 unspecified atom stereocenters. The van der Waals surface area contributed by atoms with Gasteiger partial charge in [-0.15, -0.1) is 0 Å². The number of hydrogen-bond donors (Lipinski definition) is 3. The van der Waals surface area contributed by atoms with Crippen LogP contribution in [-0.4, -0.2) is 15.2 Å². The minimum atomic E-state index is -2.60. The summed E-state index contributed by atoms with van der Waals surface area (Å²) in [5.74, 6) is 8.54. The molecule has 0 aliphatic carbocycles. The first kappa shape index (κ1) is 9.05. The Morgan fingerprint density at radius 2 is 1.92 bits per heavy atom. The summed E-state index contributed by atoms with van der Waals surface area (Å²) in [6.45, 7) is 0. The fourth-order valence-corrected chi connectivity index (χ4v) is 1.45. The monoisotopic (exact) mass is 186 g/mol. The summed E-state index contributed by atoms with van der Waals surface area (Å²) in [7, 11) is -2.60. The predicted octanol–water partition coefficient (Wildman–Crippen LogP) is -0.154. The molecule has 12 heavy (non-hydrogen) atoms. The Labute approximate surface area is 71.1 Å². The maximum absolute atomic E-state index is 11.4. The first-order chi connectivity index (χ1) is 5.56. The molecule has 66 valence electrons. The van der Waals surface area contributed by atoms with Crippen molar-refractivity contribution in [3.8, 4) is 5.75 Å². The van der Waals surface area contributed by atoms with Crippen LogP contribution < -0.4 is 10.7 Å². The van der Waals surface area contributed by atoms with Crippen molar-refractivity contribution in [1.29, 1.82) is 0 Å². The van der Waals surface area contributed by atoms with E-state index in [0.717, 1.165) is 0 Å². The molecule has 0 saturated heterocycles. The van der Waals surface area contributed by atoms with Crippen LogP contribution in [0.25, 0.3) is 0 Å². The van der Waals surface area contributed by atoms with E-state index in [-0.39, 0.29) is 5.75 Å². The van der Waals surface area contributed by atoms with E-state index in [4.69, 9.17) is 10.9 Å². The van der Waals surface area contributed by atoms with Crippen molar-refractivity contribution in [2.75, 3.05) is 0 Å². The number of hydrogen-bond acceptors (Lipinski definition) is 3. The fourth-order valence-electron chi connectivity index (χ4n) is 0.734. The molecule has 0 aliphatic heterocycles. The van der Waals surface area contributed by atoms with Gasteiger partial charge in [0.05, 0.1) is 9.71 Å². The smallest absolute Gasteiger partial charge is 0.115 e. The van der Waals surface area contributed by atoms with Crippen LogP contribution in [0.3, 0.4) is 0 Å². The second kappa shape index (κ2) is 3.14. The number of phenolic OH excluding ortho intramolecular Hbond substituents is 1. The zero-order valence-corrected chi connectivity index (χ0v) is 7.17. The topological polar surface area (TPSA) is 75.4 Å². The van der Waals surface area contributed by atoms with Crippen LogP contribution in [0, 0.1) is 0 Å². The van der Waals surface area contributed by atoms with E-state index < -0.39 is 9.71 Å². The highest BCUT2D eigenvalue weighted by molar-refractivity contribution is 7.98. The molecule has 0 saturated carbocycles. The van der Waals surface area contributed by atoms with Crippen molar-refractivity contribution in [2.45, 2.75) is 4.90 Å². The summed E-state index contributed by atoms with van der Waals surface area (Å²) >= 11 is 0. The van der Waals surface area contributed by atoms with Crippen LogP contribution in [0.1, 0.15) is 0 Å². The molecule has 4 nitrogen and oxygen atoms in total. The number of phenols is 1. The van der Waals surface area contributed by atoms with Gasteiger partial charge in [-0.25, -0.2) is 4.21 Å². The Morgan fingerprint density at radius 3 is 2.33 bits per heavy atom. The Kier molecular flexibility index (Phi) is 2.37. The second-order valence-electron chi connectivity index (χ2n) is 2.29. The molecule has 1 aromatic carbocycles. The molecule has 0 radical (unpaired) electrons. The standard InChI is InChI=1S/C7H10N2O2S/c1-12(11,9-8)7-4-2-6(10)3-5-7/h2-5,10H,1,8H2,(H,9,11). The van der Waals surface area contributed by atoms with Crippen LogP contribution in [-0.2, 0) is 9.71 Å². The van der Waals surface area contributed by atoms with Gasteiger partial charge in [0.2, 0.25) is 0 Å². The van der Waals surface area contributed by atoms with Gasteiger partial charge < -0.3 is 5.11 Å². The van der Waals surface area contributed by atoms with Gasteiger partial charge in [0, 0.05) is 4.90 Å². The average Bonchev–Trinajstić information content (AvgIpc) is 2.05. The first-order valence-corrected chi connectivity index (χ1v) is 4.92. The summed E-state index contributed by atoms with van der Waals surface area (Å²) < 4.78 is 11.4. The van der Waals surface area contributed by atoms with Crippen molar-refractivity contribution in [3.63, 3.8) is 0 Å². The SMILES string of the molecule is C=S(=O)(NN)c1ccc(O)cc1. The van der Waals surface area contributed by atoms with Crippen LogP contribution in [0.5, 0.6) is 5.75 Å². The van der Waals surface area contributed by atoms with E-state index >= 15 is 0 Å². The van der Waals surface area contributed by atoms with Gasteiger partial charge in [-0.3, -0.25) is 5.84 Å². The lowest BCUT2D eigenvalue weighted by Crippen LogP contribution is -2.29. The lowest BCUT2D eigenvalue weighted by atomic mass is 10.3. The largest absolute Gasteiger partial charge is 0.508 e. The Hall–Kier alpha value is -1.04.